The van der Waals surface area contributed by atoms with E-state index in [1.165, 1.54) is 0 Å². The molecule has 0 aromatic heterocycles. The van der Waals surface area contributed by atoms with Crippen LogP contribution in [0.3, 0.4) is 0 Å². The van der Waals surface area contributed by atoms with Gasteiger partial charge in [0.25, 0.3) is 5.91 Å². The van der Waals surface area contributed by atoms with Crippen LogP contribution in [0.25, 0.3) is 0 Å². The first-order valence-corrected chi connectivity index (χ1v) is 6.09. The minimum absolute atomic E-state index is 0.351. The molecule has 0 radical (unpaired) electrons. The molecule has 1 saturated carbocycles. The summed E-state index contributed by atoms with van der Waals surface area (Å²) in [7, 11) is 0. The van der Waals surface area contributed by atoms with E-state index in [1.807, 2.05) is 0 Å². The molecule has 1 heterocycles. The first-order chi connectivity index (χ1) is 8.41. The Morgan fingerprint density at radius 2 is 1.89 bits per heavy atom. The zero-order valence-corrected chi connectivity index (χ0v) is 9.77. The van der Waals surface area contributed by atoms with Crippen LogP contribution in [0, 0.1) is 11.8 Å². The zero-order valence-electron chi connectivity index (χ0n) is 9.77. The van der Waals surface area contributed by atoms with Crippen LogP contribution in [0.15, 0.2) is 0 Å². The van der Waals surface area contributed by atoms with Crippen molar-refractivity contribution in [3.05, 3.63) is 0 Å². The smallest absolute Gasteiger partial charge is 0.348 e. The number of rotatable bonds is 3. The molecule has 7 heteroatoms. The summed E-state index contributed by atoms with van der Waals surface area (Å²) < 4.78 is 49.6. The molecule has 3 atom stereocenters. The summed E-state index contributed by atoms with van der Waals surface area (Å²) in [5.74, 6) is -5.57. The number of amides is 1. The fraction of sp³-hybridized carbons (Fsp3) is 0.909. The SMILES string of the molecule is O=C(NC1CC[C@H]2CNC[C@H]2C1)C(F)(F)C(F)F. The quantitative estimate of drug-likeness (QED) is 0.759. The molecule has 3 nitrogen and oxygen atoms in total. The Morgan fingerprint density at radius 1 is 1.22 bits per heavy atom. The van der Waals surface area contributed by atoms with Crippen molar-refractivity contribution in [2.45, 2.75) is 37.7 Å². The van der Waals surface area contributed by atoms with E-state index in [-0.39, 0.29) is 0 Å². The van der Waals surface area contributed by atoms with E-state index in [9.17, 15) is 22.4 Å². The van der Waals surface area contributed by atoms with E-state index in [4.69, 9.17) is 0 Å². The molecule has 0 spiro atoms. The molecule has 104 valence electrons. The topological polar surface area (TPSA) is 41.1 Å². The van der Waals surface area contributed by atoms with Crippen LogP contribution < -0.4 is 10.6 Å². The summed E-state index contributed by atoms with van der Waals surface area (Å²) in [5, 5.41) is 5.26. The number of halogens is 4. The lowest BCUT2D eigenvalue weighted by Crippen LogP contribution is -2.50. The van der Waals surface area contributed by atoms with Gasteiger partial charge in [-0.3, -0.25) is 4.79 Å². The van der Waals surface area contributed by atoms with Gasteiger partial charge in [-0.15, -0.1) is 0 Å². The van der Waals surface area contributed by atoms with E-state index >= 15 is 0 Å². The van der Waals surface area contributed by atoms with Gasteiger partial charge in [-0.1, -0.05) is 0 Å². The molecule has 0 aromatic rings. The molecule has 1 aliphatic heterocycles. The first-order valence-electron chi connectivity index (χ1n) is 6.09. The van der Waals surface area contributed by atoms with Crippen LogP contribution in [-0.2, 0) is 4.79 Å². The molecule has 2 rings (SSSR count). The lowest BCUT2D eigenvalue weighted by Gasteiger charge is -2.32. The predicted molar refractivity (Wildman–Crippen MR) is 56.6 cm³/mol. The second kappa shape index (κ2) is 5.03. The summed E-state index contributed by atoms with van der Waals surface area (Å²) in [6, 6.07) is -0.414. The highest BCUT2D eigenvalue weighted by atomic mass is 19.3. The van der Waals surface area contributed by atoms with Crippen LogP contribution in [-0.4, -0.2) is 37.4 Å². The molecule has 1 saturated heterocycles. The van der Waals surface area contributed by atoms with Gasteiger partial charge in [-0.05, 0) is 44.2 Å². The molecule has 2 fully saturated rings. The third-order valence-electron chi connectivity index (χ3n) is 3.86. The third-order valence-corrected chi connectivity index (χ3v) is 3.86. The van der Waals surface area contributed by atoms with Crippen LogP contribution in [0.1, 0.15) is 19.3 Å². The van der Waals surface area contributed by atoms with Crippen molar-refractivity contribution >= 4 is 5.91 Å². The Morgan fingerprint density at radius 3 is 2.56 bits per heavy atom. The number of carbonyl (C=O) groups excluding carboxylic acids is 1. The average molecular weight is 268 g/mol. The van der Waals surface area contributed by atoms with Crippen molar-refractivity contribution in [1.29, 1.82) is 0 Å². The second-order valence-corrected chi connectivity index (χ2v) is 5.09. The van der Waals surface area contributed by atoms with Crippen molar-refractivity contribution in [3.63, 3.8) is 0 Å². The Hall–Kier alpha value is -0.850. The number of hydrogen-bond donors (Lipinski definition) is 2. The molecule has 1 aliphatic carbocycles. The summed E-state index contributed by atoms with van der Waals surface area (Å²) in [5.41, 5.74) is 0. The van der Waals surface area contributed by atoms with Crippen molar-refractivity contribution in [3.8, 4) is 0 Å². The zero-order chi connectivity index (χ0) is 13.3. The van der Waals surface area contributed by atoms with E-state index in [0.717, 1.165) is 19.5 Å². The number of alkyl halides is 4. The predicted octanol–water partition coefficient (Wildman–Crippen LogP) is 1.39. The number of hydrogen-bond acceptors (Lipinski definition) is 2. The van der Waals surface area contributed by atoms with Crippen molar-refractivity contribution in [1.82, 2.24) is 10.6 Å². The summed E-state index contributed by atoms with van der Waals surface area (Å²) in [6.45, 7) is 1.72. The average Bonchev–Trinajstić information content (AvgIpc) is 2.75. The van der Waals surface area contributed by atoms with Gasteiger partial charge in [0.15, 0.2) is 0 Å². The van der Waals surface area contributed by atoms with E-state index in [2.05, 4.69) is 10.6 Å². The monoisotopic (exact) mass is 268 g/mol. The number of nitrogens with one attached hydrogen (secondary N) is 2. The maximum atomic E-state index is 12.8. The standard InChI is InChI=1S/C11H16F4N2O/c12-9(13)11(14,15)10(18)17-8-2-1-6-4-16-5-7(6)3-8/h6-9,16H,1-5H2,(H,17,18)/t6-,7+,8?/m0/s1. The van der Waals surface area contributed by atoms with E-state index < -0.39 is 24.3 Å². The van der Waals surface area contributed by atoms with Gasteiger partial charge >= 0.3 is 12.3 Å². The van der Waals surface area contributed by atoms with Crippen LogP contribution in [0.4, 0.5) is 17.6 Å². The highest BCUT2D eigenvalue weighted by molar-refractivity contribution is 5.84. The van der Waals surface area contributed by atoms with Crippen LogP contribution in [0.5, 0.6) is 0 Å². The van der Waals surface area contributed by atoms with E-state index in [1.54, 1.807) is 0 Å². The third kappa shape index (κ3) is 2.60. The van der Waals surface area contributed by atoms with Gasteiger partial charge in [0.2, 0.25) is 0 Å². The van der Waals surface area contributed by atoms with Crippen molar-refractivity contribution < 1.29 is 22.4 Å². The Kier molecular flexibility index (Phi) is 3.79. The van der Waals surface area contributed by atoms with Crippen molar-refractivity contribution in [2.75, 3.05) is 13.1 Å². The summed E-state index contributed by atoms with van der Waals surface area (Å²) >= 11 is 0. The highest BCUT2D eigenvalue weighted by Gasteiger charge is 2.49. The fourth-order valence-corrected chi connectivity index (χ4v) is 2.81. The van der Waals surface area contributed by atoms with Crippen LogP contribution >= 0.6 is 0 Å². The minimum Gasteiger partial charge on any atom is -0.348 e. The van der Waals surface area contributed by atoms with Gasteiger partial charge in [-0.2, -0.15) is 8.78 Å². The van der Waals surface area contributed by atoms with Gasteiger partial charge in [-0.25, -0.2) is 8.78 Å². The second-order valence-electron chi connectivity index (χ2n) is 5.09. The minimum atomic E-state index is -4.59. The van der Waals surface area contributed by atoms with Crippen LogP contribution in [0.2, 0.25) is 0 Å². The molecule has 2 aliphatic rings. The van der Waals surface area contributed by atoms with Gasteiger partial charge in [0.1, 0.15) is 0 Å². The molecule has 1 unspecified atom stereocenters. The molecule has 0 aromatic carbocycles. The fourth-order valence-electron chi connectivity index (χ4n) is 2.81. The van der Waals surface area contributed by atoms with Crippen molar-refractivity contribution in [2.24, 2.45) is 11.8 Å². The van der Waals surface area contributed by atoms with Gasteiger partial charge in [0.05, 0.1) is 0 Å². The lowest BCUT2D eigenvalue weighted by atomic mass is 9.79. The highest BCUT2D eigenvalue weighted by Crippen LogP contribution is 2.33. The molecular weight excluding hydrogens is 252 g/mol. The lowest BCUT2D eigenvalue weighted by molar-refractivity contribution is -0.170. The molecule has 1 amide bonds. The molecule has 0 bridgehead atoms. The maximum absolute atomic E-state index is 12.8. The van der Waals surface area contributed by atoms with Gasteiger partial charge in [0, 0.05) is 6.04 Å². The summed E-state index contributed by atoms with van der Waals surface area (Å²) in [4.78, 5) is 11.1. The molecule has 2 N–H and O–H groups in total. The van der Waals surface area contributed by atoms with Gasteiger partial charge < -0.3 is 10.6 Å². The normalized spacial score (nSPS) is 32.4. The Labute approximate surface area is 102 Å². The first kappa shape index (κ1) is 13.6. The molecule has 18 heavy (non-hydrogen) atoms. The Bertz CT molecular complexity index is 324. The van der Waals surface area contributed by atoms with E-state index in [0.29, 0.717) is 24.7 Å². The Balaban J connectivity index is 1.88. The largest absolute Gasteiger partial charge is 0.383 e. The number of carbonyl (C=O) groups is 1. The summed E-state index contributed by atoms with van der Waals surface area (Å²) in [6.07, 6.45) is -1.96. The maximum Gasteiger partial charge on any atom is 0.383 e. The molecular formula is C11H16F4N2O. The number of fused-ring (bicyclic) bond motifs is 1.